The molecule has 0 rings (SSSR count). The molecule has 2 N–H and O–H groups in total. The van der Waals surface area contributed by atoms with Crippen molar-refractivity contribution < 1.29 is 9.59 Å². The van der Waals surface area contributed by atoms with Crippen molar-refractivity contribution in [3.8, 4) is 0 Å². The van der Waals surface area contributed by atoms with E-state index < -0.39 is 0 Å². The molecule has 0 aromatic heterocycles. The summed E-state index contributed by atoms with van der Waals surface area (Å²) in [6.45, 7) is 3.32. The van der Waals surface area contributed by atoms with Crippen molar-refractivity contribution >= 4 is 11.6 Å². The summed E-state index contributed by atoms with van der Waals surface area (Å²) in [5.74, 6) is 0.240. The highest BCUT2D eigenvalue weighted by Gasteiger charge is 2.07. The van der Waals surface area contributed by atoms with Gasteiger partial charge in [-0.25, -0.2) is 0 Å². The Hall–Kier alpha value is -0.700. The molecule has 0 unspecified atom stereocenters. The SMILES string of the molecule is CCC(=O)CCC[C@H](N)C(C)=O. The van der Waals surface area contributed by atoms with E-state index >= 15 is 0 Å². The fourth-order valence-electron chi connectivity index (χ4n) is 0.899. The van der Waals surface area contributed by atoms with E-state index in [4.69, 9.17) is 5.73 Å². The molecule has 0 bridgehead atoms. The molecule has 0 aliphatic rings. The van der Waals surface area contributed by atoms with Crippen LogP contribution < -0.4 is 5.73 Å². The van der Waals surface area contributed by atoms with Crippen molar-refractivity contribution in [3.63, 3.8) is 0 Å². The number of rotatable bonds is 6. The van der Waals surface area contributed by atoms with Gasteiger partial charge in [0.25, 0.3) is 0 Å². The number of Topliss-reactive ketones (excluding diaryl/α,β-unsaturated/α-hetero) is 2. The lowest BCUT2D eigenvalue weighted by Crippen LogP contribution is -2.28. The van der Waals surface area contributed by atoms with Crippen molar-refractivity contribution in [2.45, 2.75) is 45.6 Å². The van der Waals surface area contributed by atoms with Gasteiger partial charge >= 0.3 is 0 Å². The Bertz CT molecular complexity index is 166. The normalized spacial score (nSPS) is 12.6. The van der Waals surface area contributed by atoms with E-state index in [0.717, 1.165) is 6.42 Å². The zero-order valence-corrected chi connectivity index (χ0v) is 7.80. The van der Waals surface area contributed by atoms with Crippen molar-refractivity contribution in [2.75, 3.05) is 0 Å². The predicted molar refractivity (Wildman–Crippen MR) is 47.8 cm³/mol. The summed E-state index contributed by atoms with van der Waals surface area (Å²) >= 11 is 0. The second-order valence-corrected chi connectivity index (χ2v) is 3.00. The van der Waals surface area contributed by atoms with Crippen LogP contribution in [-0.4, -0.2) is 17.6 Å². The predicted octanol–water partition coefficient (Wildman–Crippen LogP) is 1.05. The molecule has 0 aromatic rings. The number of carbonyl (C=O) groups excluding carboxylic acids is 2. The zero-order chi connectivity index (χ0) is 9.56. The quantitative estimate of drug-likeness (QED) is 0.649. The average molecular weight is 171 g/mol. The summed E-state index contributed by atoms with van der Waals surface area (Å²) in [6, 6.07) is -0.380. The standard InChI is InChI=1S/C9H17NO2/c1-3-8(12)5-4-6-9(10)7(2)11/h9H,3-6,10H2,1-2H3/t9-/m0/s1. The Morgan fingerprint density at radius 2 is 2.00 bits per heavy atom. The van der Waals surface area contributed by atoms with Crippen LogP contribution in [0.4, 0.5) is 0 Å². The molecule has 0 spiro atoms. The van der Waals surface area contributed by atoms with E-state index in [-0.39, 0.29) is 17.6 Å². The molecule has 0 amide bonds. The minimum absolute atomic E-state index is 0.000975. The molecule has 70 valence electrons. The third kappa shape index (κ3) is 5.02. The van der Waals surface area contributed by atoms with E-state index in [2.05, 4.69) is 0 Å². The van der Waals surface area contributed by atoms with Crippen LogP contribution in [0.5, 0.6) is 0 Å². The van der Waals surface area contributed by atoms with Crippen LogP contribution in [0.2, 0.25) is 0 Å². The highest BCUT2D eigenvalue weighted by molar-refractivity contribution is 5.81. The van der Waals surface area contributed by atoms with Gasteiger partial charge in [-0.15, -0.1) is 0 Å². The van der Waals surface area contributed by atoms with Gasteiger partial charge < -0.3 is 5.73 Å². The molecule has 3 heteroatoms. The third-order valence-electron chi connectivity index (χ3n) is 1.89. The number of ketones is 2. The van der Waals surface area contributed by atoms with Crippen LogP contribution >= 0.6 is 0 Å². The minimum atomic E-state index is -0.380. The van der Waals surface area contributed by atoms with E-state index in [1.807, 2.05) is 6.92 Å². The second-order valence-electron chi connectivity index (χ2n) is 3.00. The Morgan fingerprint density at radius 1 is 1.42 bits per heavy atom. The maximum Gasteiger partial charge on any atom is 0.146 e. The summed E-state index contributed by atoms with van der Waals surface area (Å²) in [4.78, 5) is 21.5. The Labute approximate surface area is 73.3 Å². The highest BCUT2D eigenvalue weighted by Crippen LogP contribution is 2.02. The third-order valence-corrected chi connectivity index (χ3v) is 1.89. The maximum absolute atomic E-state index is 10.8. The summed E-state index contributed by atoms with van der Waals surface area (Å²) in [5, 5.41) is 0. The Balaban J connectivity index is 3.43. The van der Waals surface area contributed by atoms with E-state index in [0.29, 0.717) is 19.3 Å². The van der Waals surface area contributed by atoms with Crippen molar-refractivity contribution in [3.05, 3.63) is 0 Å². The number of hydrogen-bond acceptors (Lipinski definition) is 3. The van der Waals surface area contributed by atoms with Gasteiger partial charge in [0.2, 0.25) is 0 Å². The fourth-order valence-corrected chi connectivity index (χ4v) is 0.899. The molecule has 0 aliphatic heterocycles. The summed E-state index contributed by atoms with van der Waals surface area (Å²) in [7, 11) is 0. The first-order valence-corrected chi connectivity index (χ1v) is 4.35. The molecule has 0 radical (unpaired) electrons. The minimum Gasteiger partial charge on any atom is -0.322 e. The van der Waals surface area contributed by atoms with Gasteiger partial charge in [0.15, 0.2) is 0 Å². The van der Waals surface area contributed by atoms with Gasteiger partial charge in [0.05, 0.1) is 6.04 Å². The van der Waals surface area contributed by atoms with Gasteiger partial charge in [0, 0.05) is 12.8 Å². The van der Waals surface area contributed by atoms with Crippen LogP contribution in [0.25, 0.3) is 0 Å². The summed E-state index contributed by atoms with van der Waals surface area (Å²) < 4.78 is 0. The van der Waals surface area contributed by atoms with Crippen LogP contribution in [0.3, 0.4) is 0 Å². The highest BCUT2D eigenvalue weighted by atomic mass is 16.1. The smallest absolute Gasteiger partial charge is 0.146 e. The summed E-state index contributed by atoms with van der Waals surface area (Å²) in [5.41, 5.74) is 5.48. The van der Waals surface area contributed by atoms with Crippen molar-refractivity contribution in [1.29, 1.82) is 0 Å². The molecule has 0 heterocycles. The number of carbonyl (C=O) groups is 2. The molecule has 0 saturated heterocycles. The van der Waals surface area contributed by atoms with E-state index in [9.17, 15) is 9.59 Å². The first-order valence-electron chi connectivity index (χ1n) is 4.35. The van der Waals surface area contributed by atoms with Gasteiger partial charge in [-0.3, -0.25) is 9.59 Å². The lowest BCUT2D eigenvalue weighted by molar-refractivity contribution is -0.120. The molecule has 1 atom stereocenters. The van der Waals surface area contributed by atoms with Crippen LogP contribution in [0.15, 0.2) is 0 Å². The van der Waals surface area contributed by atoms with Gasteiger partial charge in [0.1, 0.15) is 11.6 Å². The first-order chi connectivity index (χ1) is 5.57. The van der Waals surface area contributed by atoms with Gasteiger partial charge in [-0.05, 0) is 19.8 Å². The molecular weight excluding hydrogens is 154 g/mol. The zero-order valence-electron chi connectivity index (χ0n) is 7.80. The average Bonchev–Trinajstić information content (AvgIpc) is 2.03. The van der Waals surface area contributed by atoms with Gasteiger partial charge in [-0.1, -0.05) is 6.92 Å². The number of nitrogens with two attached hydrogens (primary N) is 1. The largest absolute Gasteiger partial charge is 0.322 e. The Morgan fingerprint density at radius 3 is 2.42 bits per heavy atom. The lowest BCUT2D eigenvalue weighted by Gasteiger charge is -2.05. The summed E-state index contributed by atoms with van der Waals surface area (Å²) in [6.07, 6.45) is 2.49. The van der Waals surface area contributed by atoms with Crippen molar-refractivity contribution in [2.24, 2.45) is 5.73 Å². The molecule has 0 fully saturated rings. The monoisotopic (exact) mass is 171 g/mol. The molecule has 0 saturated carbocycles. The molecule has 0 aliphatic carbocycles. The van der Waals surface area contributed by atoms with E-state index in [1.165, 1.54) is 6.92 Å². The van der Waals surface area contributed by atoms with Gasteiger partial charge in [-0.2, -0.15) is 0 Å². The Kier molecular flexibility index (Phi) is 5.54. The van der Waals surface area contributed by atoms with Crippen molar-refractivity contribution in [1.82, 2.24) is 0 Å². The fraction of sp³-hybridized carbons (Fsp3) is 0.778. The number of hydrogen-bond donors (Lipinski definition) is 1. The second kappa shape index (κ2) is 5.89. The molecule has 3 nitrogen and oxygen atoms in total. The molecule has 0 aromatic carbocycles. The first kappa shape index (κ1) is 11.3. The van der Waals surface area contributed by atoms with E-state index in [1.54, 1.807) is 0 Å². The van der Waals surface area contributed by atoms with Crippen LogP contribution in [0.1, 0.15) is 39.5 Å². The van der Waals surface area contributed by atoms with Crippen LogP contribution in [-0.2, 0) is 9.59 Å². The molecule has 12 heavy (non-hydrogen) atoms. The molecular formula is C9H17NO2. The topological polar surface area (TPSA) is 60.2 Å². The maximum atomic E-state index is 10.8. The lowest BCUT2D eigenvalue weighted by atomic mass is 10.1. The van der Waals surface area contributed by atoms with Crippen LogP contribution in [0, 0.1) is 0 Å².